The Bertz CT molecular complexity index is 898. The molecule has 0 saturated heterocycles. The number of aromatic hydroxyl groups is 1. The molecule has 0 spiro atoms. The minimum absolute atomic E-state index is 0.0280. The van der Waals surface area contributed by atoms with Gasteiger partial charge in [-0.15, -0.1) is 0 Å². The van der Waals surface area contributed by atoms with Crippen molar-refractivity contribution in [3.05, 3.63) is 48.3 Å². The molecular formula is C19H21FN4O. The van der Waals surface area contributed by atoms with Crippen LogP contribution in [0.25, 0.3) is 22.3 Å². The molecule has 0 aliphatic carbocycles. The van der Waals surface area contributed by atoms with Crippen molar-refractivity contribution in [1.82, 2.24) is 9.97 Å². The highest BCUT2D eigenvalue weighted by Gasteiger charge is 2.14. The van der Waals surface area contributed by atoms with Gasteiger partial charge in [0, 0.05) is 18.0 Å². The van der Waals surface area contributed by atoms with Crippen molar-refractivity contribution >= 4 is 16.7 Å². The topological polar surface area (TPSA) is 84.1 Å². The van der Waals surface area contributed by atoms with E-state index in [2.05, 4.69) is 29.1 Å². The Hall–Kier alpha value is -2.73. The highest BCUT2D eigenvalue weighted by Crippen LogP contribution is 2.30. The smallest absolute Gasteiger partial charge is 0.165 e. The Balaban J connectivity index is 2.07. The van der Waals surface area contributed by atoms with Gasteiger partial charge >= 0.3 is 0 Å². The number of anilines is 1. The van der Waals surface area contributed by atoms with E-state index < -0.39 is 5.82 Å². The molecule has 4 N–H and O–H groups in total. The molecule has 130 valence electrons. The predicted molar refractivity (Wildman–Crippen MR) is 97.9 cm³/mol. The van der Waals surface area contributed by atoms with E-state index >= 15 is 0 Å². The zero-order chi connectivity index (χ0) is 18.0. The minimum Gasteiger partial charge on any atom is -0.507 e. The van der Waals surface area contributed by atoms with Gasteiger partial charge < -0.3 is 16.2 Å². The lowest BCUT2D eigenvalue weighted by atomic mass is 10.1. The summed E-state index contributed by atoms with van der Waals surface area (Å²) in [7, 11) is 0. The third-order valence-electron chi connectivity index (χ3n) is 4.16. The van der Waals surface area contributed by atoms with Crippen LogP contribution in [0, 0.1) is 11.7 Å². The first-order valence-corrected chi connectivity index (χ1v) is 8.21. The number of nitrogens with two attached hydrogens (primary N) is 1. The van der Waals surface area contributed by atoms with Gasteiger partial charge in [-0.25, -0.2) is 14.4 Å². The molecule has 5 nitrogen and oxygen atoms in total. The average molecular weight is 340 g/mol. The van der Waals surface area contributed by atoms with Gasteiger partial charge in [0.15, 0.2) is 5.82 Å². The van der Waals surface area contributed by atoms with Crippen molar-refractivity contribution in [2.45, 2.75) is 19.9 Å². The summed E-state index contributed by atoms with van der Waals surface area (Å²) in [5, 5.41) is 14.2. The van der Waals surface area contributed by atoms with E-state index in [1.54, 1.807) is 0 Å². The summed E-state index contributed by atoms with van der Waals surface area (Å²) in [4.78, 5) is 8.96. The van der Waals surface area contributed by atoms with Crippen LogP contribution >= 0.6 is 0 Å². The number of rotatable bonds is 5. The van der Waals surface area contributed by atoms with Gasteiger partial charge in [-0.3, -0.25) is 0 Å². The van der Waals surface area contributed by atoms with E-state index in [9.17, 15) is 9.50 Å². The Kier molecular flexibility index (Phi) is 4.81. The van der Waals surface area contributed by atoms with Crippen LogP contribution in [-0.2, 0) is 0 Å². The highest BCUT2D eigenvalue weighted by atomic mass is 19.1. The maximum absolute atomic E-state index is 13.6. The molecule has 0 amide bonds. The number of aromatic nitrogens is 2. The van der Waals surface area contributed by atoms with E-state index in [0.717, 1.165) is 5.39 Å². The van der Waals surface area contributed by atoms with Crippen molar-refractivity contribution in [2.75, 3.05) is 11.9 Å². The summed E-state index contributed by atoms with van der Waals surface area (Å²) in [6, 6.07) is 11.2. The SMILES string of the molecule is CC(C)C(N)CNc1nc(-c2cc(F)ccc2O)nc2ccccc12. The third kappa shape index (κ3) is 3.69. The molecule has 0 bridgehead atoms. The number of para-hydroxylation sites is 1. The Morgan fingerprint density at radius 2 is 1.92 bits per heavy atom. The van der Waals surface area contributed by atoms with Crippen LogP contribution in [-0.4, -0.2) is 27.7 Å². The number of phenolic OH excluding ortho intramolecular Hbond substituents is 1. The number of benzene rings is 2. The van der Waals surface area contributed by atoms with Crippen LogP contribution in [0.4, 0.5) is 10.2 Å². The third-order valence-corrected chi connectivity index (χ3v) is 4.16. The van der Waals surface area contributed by atoms with E-state index in [1.807, 2.05) is 24.3 Å². The first-order valence-electron chi connectivity index (χ1n) is 8.21. The lowest BCUT2D eigenvalue weighted by Crippen LogP contribution is -2.34. The van der Waals surface area contributed by atoms with Gasteiger partial charge in [-0.2, -0.15) is 0 Å². The molecule has 1 unspecified atom stereocenters. The standard InChI is InChI=1S/C19H21FN4O/c1-11(2)15(21)10-22-18-13-5-3-4-6-16(13)23-19(24-18)14-9-12(20)7-8-17(14)25/h3-9,11,15,25H,10,21H2,1-2H3,(H,22,23,24). The number of phenols is 1. The summed E-state index contributed by atoms with van der Waals surface area (Å²) < 4.78 is 13.6. The zero-order valence-electron chi connectivity index (χ0n) is 14.2. The van der Waals surface area contributed by atoms with Crippen LogP contribution in [0.2, 0.25) is 0 Å². The van der Waals surface area contributed by atoms with Crippen LogP contribution in [0.3, 0.4) is 0 Å². The molecule has 2 aromatic carbocycles. The first-order chi connectivity index (χ1) is 12.0. The number of hydrogen-bond donors (Lipinski definition) is 3. The van der Waals surface area contributed by atoms with Crippen molar-refractivity contribution < 1.29 is 9.50 Å². The quantitative estimate of drug-likeness (QED) is 0.662. The van der Waals surface area contributed by atoms with E-state index in [1.165, 1.54) is 18.2 Å². The van der Waals surface area contributed by atoms with E-state index in [-0.39, 0.29) is 23.2 Å². The second-order valence-corrected chi connectivity index (χ2v) is 6.36. The summed E-state index contributed by atoms with van der Waals surface area (Å²) in [5.41, 5.74) is 7.06. The number of fused-ring (bicyclic) bond motifs is 1. The number of hydrogen-bond acceptors (Lipinski definition) is 5. The summed E-state index contributed by atoms with van der Waals surface area (Å²) in [5.74, 6) is 0.673. The fourth-order valence-corrected chi connectivity index (χ4v) is 2.47. The lowest BCUT2D eigenvalue weighted by molar-refractivity contribution is 0.475. The maximum atomic E-state index is 13.6. The predicted octanol–water partition coefficient (Wildman–Crippen LogP) is 3.54. The van der Waals surface area contributed by atoms with Crippen molar-refractivity contribution in [2.24, 2.45) is 11.7 Å². The van der Waals surface area contributed by atoms with Crippen molar-refractivity contribution in [3.63, 3.8) is 0 Å². The van der Waals surface area contributed by atoms with Crippen molar-refractivity contribution in [1.29, 1.82) is 0 Å². The molecule has 0 aliphatic heterocycles. The molecule has 25 heavy (non-hydrogen) atoms. The van der Waals surface area contributed by atoms with Gasteiger partial charge in [0.05, 0.1) is 11.1 Å². The molecule has 6 heteroatoms. The van der Waals surface area contributed by atoms with Crippen LogP contribution in [0.5, 0.6) is 5.75 Å². The second kappa shape index (κ2) is 7.03. The summed E-state index contributed by atoms with van der Waals surface area (Å²) in [6.07, 6.45) is 0. The second-order valence-electron chi connectivity index (χ2n) is 6.36. The molecule has 0 fully saturated rings. The van der Waals surface area contributed by atoms with Crippen LogP contribution < -0.4 is 11.1 Å². The number of halogens is 1. The summed E-state index contributed by atoms with van der Waals surface area (Å²) >= 11 is 0. The van der Waals surface area contributed by atoms with Gasteiger partial charge in [0.25, 0.3) is 0 Å². The summed E-state index contributed by atoms with van der Waals surface area (Å²) in [6.45, 7) is 4.66. The molecule has 0 saturated carbocycles. The monoisotopic (exact) mass is 340 g/mol. The molecular weight excluding hydrogens is 319 g/mol. The highest BCUT2D eigenvalue weighted by molar-refractivity contribution is 5.90. The number of nitrogens with one attached hydrogen (secondary N) is 1. The minimum atomic E-state index is -0.458. The Morgan fingerprint density at radius 3 is 2.68 bits per heavy atom. The van der Waals surface area contributed by atoms with Gasteiger partial charge in [0.1, 0.15) is 17.4 Å². The number of nitrogens with zero attached hydrogens (tertiary/aromatic N) is 2. The zero-order valence-corrected chi connectivity index (χ0v) is 14.2. The molecule has 1 heterocycles. The molecule has 3 rings (SSSR count). The van der Waals surface area contributed by atoms with Crippen LogP contribution in [0.15, 0.2) is 42.5 Å². The van der Waals surface area contributed by atoms with Gasteiger partial charge in [0.2, 0.25) is 0 Å². The Morgan fingerprint density at radius 1 is 1.16 bits per heavy atom. The maximum Gasteiger partial charge on any atom is 0.165 e. The van der Waals surface area contributed by atoms with Crippen LogP contribution in [0.1, 0.15) is 13.8 Å². The average Bonchev–Trinajstić information content (AvgIpc) is 2.61. The molecule has 0 radical (unpaired) electrons. The fourth-order valence-electron chi connectivity index (χ4n) is 2.47. The first kappa shape index (κ1) is 17.1. The van der Waals surface area contributed by atoms with Crippen molar-refractivity contribution in [3.8, 4) is 17.1 Å². The van der Waals surface area contributed by atoms with E-state index in [0.29, 0.717) is 23.8 Å². The van der Waals surface area contributed by atoms with Gasteiger partial charge in [-0.05, 0) is 36.2 Å². The largest absolute Gasteiger partial charge is 0.507 e. The fraction of sp³-hybridized carbons (Fsp3) is 0.263. The van der Waals surface area contributed by atoms with Gasteiger partial charge in [-0.1, -0.05) is 26.0 Å². The Labute approximate surface area is 145 Å². The normalized spacial score (nSPS) is 12.5. The lowest BCUT2D eigenvalue weighted by Gasteiger charge is -2.18. The van der Waals surface area contributed by atoms with E-state index in [4.69, 9.17) is 5.73 Å². The molecule has 0 aliphatic rings. The molecule has 1 atom stereocenters. The molecule has 3 aromatic rings. The molecule has 1 aromatic heterocycles.